The van der Waals surface area contributed by atoms with Crippen molar-refractivity contribution < 1.29 is 0 Å². The second-order valence-corrected chi connectivity index (χ2v) is 15.9. The third-order valence-corrected chi connectivity index (χ3v) is 11.5. The second-order valence-electron chi connectivity index (χ2n) is 15.9. The number of hydrogen-bond acceptors (Lipinski definition) is 2. The van der Waals surface area contributed by atoms with Crippen LogP contribution in [0.1, 0.15) is 55.6 Å². The maximum Gasteiger partial charge on any atom is 0.0491 e. The van der Waals surface area contributed by atoms with E-state index >= 15 is 0 Å². The Labute approximate surface area is 357 Å². The van der Waals surface area contributed by atoms with Gasteiger partial charge in [0.05, 0.1) is 0 Å². The molecule has 0 saturated carbocycles. The van der Waals surface area contributed by atoms with Gasteiger partial charge in [0.25, 0.3) is 0 Å². The molecule has 0 radical (unpaired) electrons. The molecule has 0 aliphatic carbocycles. The van der Waals surface area contributed by atoms with Crippen molar-refractivity contribution in [1.82, 2.24) is 0 Å². The number of nitrogens with zero attached hydrogens (tertiary/aromatic N) is 2. The van der Waals surface area contributed by atoms with Crippen LogP contribution in [0.15, 0.2) is 182 Å². The monoisotopic (exact) mass is 776 g/mol. The van der Waals surface area contributed by atoms with E-state index in [1.165, 1.54) is 55.6 Å². The Kier molecular flexibility index (Phi) is 11.7. The fraction of sp³-hybridized carbons (Fsp3) is 0.103. The van der Waals surface area contributed by atoms with Crippen molar-refractivity contribution in [2.45, 2.75) is 41.5 Å². The van der Waals surface area contributed by atoms with Gasteiger partial charge in [0.1, 0.15) is 0 Å². The average molecular weight is 777 g/mol. The molecule has 0 aromatic heterocycles. The summed E-state index contributed by atoms with van der Waals surface area (Å²) in [5.74, 6) is 0. The predicted molar refractivity (Wildman–Crippen MR) is 260 cm³/mol. The van der Waals surface area contributed by atoms with Crippen molar-refractivity contribution in [3.8, 4) is 11.1 Å². The molecule has 0 unspecified atom stereocenters. The van der Waals surface area contributed by atoms with Gasteiger partial charge in [-0.2, -0.15) is 0 Å². The van der Waals surface area contributed by atoms with Crippen LogP contribution < -0.4 is 9.80 Å². The van der Waals surface area contributed by atoms with Crippen LogP contribution in [0.5, 0.6) is 0 Å². The largest absolute Gasteiger partial charge is 0.310 e. The second kappa shape index (κ2) is 17.8. The summed E-state index contributed by atoms with van der Waals surface area (Å²) in [4.78, 5) is 4.77. The quantitative estimate of drug-likeness (QED) is 0.121. The van der Waals surface area contributed by atoms with E-state index in [2.05, 4.69) is 246 Å². The lowest BCUT2D eigenvalue weighted by Gasteiger charge is -2.29. The molecule has 0 amide bonds. The molecule has 60 heavy (non-hydrogen) atoms. The van der Waals surface area contributed by atoms with Gasteiger partial charge >= 0.3 is 0 Å². The zero-order valence-electron chi connectivity index (χ0n) is 35.5. The molecule has 2 nitrogen and oxygen atoms in total. The standard InChI is InChI=1S/C58H52N2/c1-41-17-29-55(39-43(41)3)59(53-31-23-49(24-32-53)21-19-47-13-9-7-10-14-47)57-35-27-51(37-45(57)5)52-28-36-58(46(6)38-52)60(56-30-18-42(2)44(4)40-56)54-33-25-50(26-34-54)22-20-48-15-11-8-12-16-48/h7-40H,1-6H3/b21-19+,22-20+. The van der Waals surface area contributed by atoms with Crippen LogP contribution in [0.25, 0.3) is 35.4 Å². The first-order valence-electron chi connectivity index (χ1n) is 20.8. The lowest BCUT2D eigenvalue weighted by atomic mass is 9.98. The van der Waals surface area contributed by atoms with E-state index in [-0.39, 0.29) is 0 Å². The summed E-state index contributed by atoms with van der Waals surface area (Å²) < 4.78 is 0. The number of aryl methyl sites for hydroxylation is 6. The number of hydrogen-bond donors (Lipinski definition) is 0. The Morgan fingerprint density at radius 1 is 0.267 bits per heavy atom. The first-order chi connectivity index (χ1) is 29.2. The first kappa shape index (κ1) is 39.7. The maximum atomic E-state index is 2.38. The molecule has 0 fully saturated rings. The van der Waals surface area contributed by atoms with Crippen LogP contribution >= 0.6 is 0 Å². The lowest BCUT2D eigenvalue weighted by Crippen LogP contribution is -2.12. The summed E-state index contributed by atoms with van der Waals surface area (Å²) in [5, 5.41) is 0. The number of anilines is 6. The molecule has 0 saturated heterocycles. The van der Waals surface area contributed by atoms with Crippen LogP contribution in [0.4, 0.5) is 34.1 Å². The summed E-state index contributed by atoms with van der Waals surface area (Å²) in [7, 11) is 0. The van der Waals surface area contributed by atoms with Gasteiger partial charge in [-0.05, 0) is 181 Å². The Balaban J connectivity index is 1.11. The maximum absolute atomic E-state index is 2.38. The highest BCUT2D eigenvalue weighted by molar-refractivity contribution is 5.84. The van der Waals surface area contributed by atoms with Gasteiger partial charge in [-0.3, -0.25) is 0 Å². The first-order valence-corrected chi connectivity index (χ1v) is 20.8. The summed E-state index contributed by atoms with van der Waals surface area (Å²) in [6.07, 6.45) is 8.68. The fourth-order valence-corrected chi connectivity index (χ4v) is 7.74. The normalized spacial score (nSPS) is 11.4. The van der Waals surface area contributed by atoms with Gasteiger partial charge in [0, 0.05) is 34.1 Å². The minimum Gasteiger partial charge on any atom is -0.310 e. The van der Waals surface area contributed by atoms with Crippen LogP contribution in [0, 0.1) is 41.5 Å². The Bertz CT molecular complexity index is 2600. The van der Waals surface area contributed by atoms with E-state index in [0.29, 0.717) is 0 Å². The minimum absolute atomic E-state index is 1.12. The van der Waals surface area contributed by atoms with Gasteiger partial charge in [0.15, 0.2) is 0 Å². The van der Waals surface area contributed by atoms with Crippen LogP contribution in [-0.2, 0) is 0 Å². The van der Waals surface area contributed by atoms with E-state index in [9.17, 15) is 0 Å². The van der Waals surface area contributed by atoms with Gasteiger partial charge in [-0.25, -0.2) is 0 Å². The van der Waals surface area contributed by atoms with Crippen molar-refractivity contribution in [3.05, 3.63) is 238 Å². The van der Waals surface area contributed by atoms with E-state index < -0.39 is 0 Å². The number of rotatable bonds is 11. The van der Waals surface area contributed by atoms with Crippen molar-refractivity contribution in [2.75, 3.05) is 9.80 Å². The van der Waals surface area contributed by atoms with Crippen LogP contribution in [0.3, 0.4) is 0 Å². The predicted octanol–water partition coefficient (Wildman–Crippen LogP) is 16.5. The van der Waals surface area contributed by atoms with Crippen molar-refractivity contribution >= 4 is 58.4 Å². The molecule has 8 aromatic rings. The van der Waals surface area contributed by atoms with Crippen molar-refractivity contribution in [1.29, 1.82) is 0 Å². The smallest absolute Gasteiger partial charge is 0.0491 e. The van der Waals surface area contributed by atoms with Gasteiger partial charge in [-0.1, -0.05) is 133 Å². The molecule has 294 valence electrons. The molecule has 0 atom stereocenters. The highest BCUT2D eigenvalue weighted by atomic mass is 15.1. The fourth-order valence-electron chi connectivity index (χ4n) is 7.74. The molecule has 0 aliphatic rings. The molecule has 0 N–H and O–H groups in total. The Hall–Kier alpha value is -7.16. The van der Waals surface area contributed by atoms with Crippen molar-refractivity contribution in [3.63, 3.8) is 0 Å². The molecule has 0 heterocycles. The Morgan fingerprint density at radius 3 is 0.933 bits per heavy atom. The lowest BCUT2D eigenvalue weighted by molar-refractivity contribution is 1.22. The molecule has 0 bridgehead atoms. The van der Waals surface area contributed by atoms with E-state index in [0.717, 1.165) is 45.3 Å². The topological polar surface area (TPSA) is 6.48 Å². The molecule has 8 aromatic carbocycles. The molecular weight excluding hydrogens is 725 g/mol. The zero-order chi connectivity index (χ0) is 41.6. The minimum atomic E-state index is 1.12. The summed E-state index contributed by atoms with van der Waals surface area (Å²) in [6, 6.07) is 65.9. The SMILES string of the molecule is Cc1ccc(N(c2ccc(/C=C/c3ccccc3)cc2)c2ccc(-c3ccc(N(c4ccc(/C=C/c5ccccc5)cc4)c4ccc(C)c(C)c4)c(C)c3)cc2C)cc1C. The summed E-state index contributed by atoms with van der Waals surface area (Å²) in [6.45, 7) is 13.2. The zero-order valence-corrected chi connectivity index (χ0v) is 35.5. The number of benzene rings is 8. The third-order valence-electron chi connectivity index (χ3n) is 11.5. The van der Waals surface area contributed by atoms with E-state index in [1.54, 1.807) is 0 Å². The summed E-state index contributed by atoms with van der Waals surface area (Å²) in [5.41, 5.74) is 21.5. The van der Waals surface area contributed by atoms with Gasteiger partial charge in [0.2, 0.25) is 0 Å². The molecule has 2 heteroatoms. The highest BCUT2D eigenvalue weighted by Crippen LogP contribution is 2.41. The summed E-state index contributed by atoms with van der Waals surface area (Å²) >= 11 is 0. The van der Waals surface area contributed by atoms with Crippen LogP contribution in [-0.4, -0.2) is 0 Å². The van der Waals surface area contributed by atoms with E-state index in [4.69, 9.17) is 0 Å². The Morgan fingerprint density at radius 2 is 0.600 bits per heavy atom. The molecule has 8 rings (SSSR count). The highest BCUT2D eigenvalue weighted by Gasteiger charge is 2.19. The molecule has 0 aliphatic heterocycles. The third kappa shape index (κ3) is 8.94. The van der Waals surface area contributed by atoms with Crippen LogP contribution in [0.2, 0.25) is 0 Å². The van der Waals surface area contributed by atoms with Crippen molar-refractivity contribution in [2.24, 2.45) is 0 Å². The van der Waals surface area contributed by atoms with Gasteiger partial charge in [-0.15, -0.1) is 0 Å². The molecule has 0 spiro atoms. The molecular formula is C58H52N2. The van der Waals surface area contributed by atoms with Gasteiger partial charge < -0.3 is 9.80 Å². The average Bonchev–Trinajstić information content (AvgIpc) is 3.27. The van der Waals surface area contributed by atoms with E-state index in [1.807, 2.05) is 12.1 Å².